The van der Waals surface area contributed by atoms with E-state index in [1.165, 1.54) is 17.4 Å². The van der Waals surface area contributed by atoms with Gasteiger partial charge in [0.25, 0.3) is 5.56 Å². The molecule has 1 aliphatic carbocycles. The molecule has 5 rings (SSSR count). The zero-order valence-corrected chi connectivity index (χ0v) is 21.4. The van der Waals surface area contributed by atoms with Crippen molar-refractivity contribution in [3.63, 3.8) is 0 Å². The van der Waals surface area contributed by atoms with Crippen LogP contribution < -0.4 is 16.0 Å². The molecule has 0 N–H and O–H groups in total. The van der Waals surface area contributed by atoms with Crippen molar-refractivity contribution in [3.05, 3.63) is 74.6 Å². The third-order valence-corrected chi connectivity index (χ3v) is 6.60. The minimum Gasteiger partial charge on any atom is -0.477 e. The van der Waals surface area contributed by atoms with Crippen molar-refractivity contribution in [2.75, 3.05) is 6.61 Å². The molecule has 0 amide bonds. The molecule has 1 fully saturated rings. The van der Waals surface area contributed by atoms with Crippen molar-refractivity contribution in [1.29, 1.82) is 0 Å². The Labute approximate surface area is 210 Å². The van der Waals surface area contributed by atoms with Crippen LogP contribution in [0, 0.1) is 12.8 Å². The van der Waals surface area contributed by atoms with Gasteiger partial charge in [0.2, 0.25) is 5.88 Å². The topological polar surface area (TPSA) is 83.9 Å². The van der Waals surface area contributed by atoms with Gasteiger partial charge in [0.1, 0.15) is 5.82 Å². The summed E-state index contributed by atoms with van der Waals surface area (Å²) in [6, 6.07) is 13.7. The quantitative estimate of drug-likeness (QED) is 0.346. The Morgan fingerprint density at radius 1 is 1.03 bits per heavy atom. The number of pyridine rings is 1. The van der Waals surface area contributed by atoms with E-state index in [4.69, 9.17) is 9.72 Å². The number of aromatic nitrogens is 5. The van der Waals surface area contributed by atoms with Crippen molar-refractivity contribution in [2.24, 2.45) is 5.92 Å². The van der Waals surface area contributed by atoms with Gasteiger partial charge < -0.3 is 9.30 Å². The first kappa shape index (κ1) is 24.0. The monoisotopic (exact) mass is 487 g/mol. The van der Waals surface area contributed by atoms with E-state index in [0.29, 0.717) is 54.9 Å². The average Bonchev–Trinajstić information content (AvgIpc) is 3.62. The summed E-state index contributed by atoms with van der Waals surface area (Å²) in [6.45, 7) is 9.17. The van der Waals surface area contributed by atoms with Gasteiger partial charge in [0.05, 0.1) is 12.2 Å². The second-order valence-electron chi connectivity index (χ2n) is 9.94. The highest BCUT2D eigenvalue weighted by molar-refractivity contribution is 5.78. The minimum absolute atomic E-state index is 0.168. The molecule has 3 heterocycles. The highest BCUT2D eigenvalue weighted by atomic mass is 16.5. The van der Waals surface area contributed by atoms with Crippen molar-refractivity contribution < 1.29 is 4.74 Å². The van der Waals surface area contributed by atoms with E-state index in [1.807, 2.05) is 74.7 Å². The number of nitrogens with zero attached hydrogens (tertiary/aromatic N) is 5. The molecule has 0 aliphatic heterocycles. The van der Waals surface area contributed by atoms with Gasteiger partial charge in [-0.3, -0.25) is 13.9 Å². The van der Waals surface area contributed by atoms with Crippen LogP contribution in [0.1, 0.15) is 57.3 Å². The van der Waals surface area contributed by atoms with Crippen LogP contribution >= 0.6 is 0 Å². The predicted octanol–water partition coefficient (Wildman–Crippen LogP) is 4.56. The van der Waals surface area contributed by atoms with E-state index in [2.05, 4.69) is 4.98 Å². The molecule has 0 spiro atoms. The molecule has 8 nitrogen and oxygen atoms in total. The van der Waals surface area contributed by atoms with Crippen LogP contribution in [0.2, 0.25) is 0 Å². The Bertz CT molecular complexity index is 1510. The highest BCUT2D eigenvalue weighted by Crippen LogP contribution is 2.34. The lowest BCUT2D eigenvalue weighted by Crippen LogP contribution is -2.41. The number of fused-ring (bicyclic) bond motifs is 1. The smallest absolute Gasteiger partial charge is 0.332 e. The number of ether oxygens (including phenoxy) is 1. The predicted molar refractivity (Wildman–Crippen MR) is 141 cm³/mol. The van der Waals surface area contributed by atoms with Gasteiger partial charge in [-0.1, -0.05) is 37.3 Å². The number of hydrogen-bond acceptors (Lipinski definition) is 5. The third-order valence-electron chi connectivity index (χ3n) is 6.60. The molecular weight excluding hydrogens is 454 g/mol. The van der Waals surface area contributed by atoms with Gasteiger partial charge >= 0.3 is 5.69 Å². The first-order chi connectivity index (χ1) is 17.4. The summed E-state index contributed by atoms with van der Waals surface area (Å²) in [4.78, 5) is 36.8. The summed E-state index contributed by atoms with van der Waals surface area (Å²) in [5.41, 5.74) is 2.77. The van der Waals surface area contributed by atoms with Gasteiger partial charge in [-0.2, -0.15) is 0 Å². The van der Waals surface area contributed by atoms with Crippen LogP contribution in [0.25, 0.3) is 22.6 Å². The standard InChI is InChI=1S/C28H33N5O3/c1-5-15-31-27(34)23-25(33(18(2)3)28(31)35)30-24(32(23)16-20-9-7-6-8-10-20)22-14-11-19(4)29-26(22)36-17-21-12-13-21/h6-11,14,18,21H,5,12-13,15-17H2,1-4H3. The van der Waals surface area contributed by atoms with Gasteiger partial charge in [-0.05, 0) is 63.6 Å². The third kappa shape index (κ3) is 4.47. The van der Waals surface area contributed by atoms with Crippen LogP contribution in [0.15, 0.2) is 52.1 Å². The maximum Gasteiger partial charge on any atom is 0.332 e. The van der Waals surface area contributed by atoms with Crippen molar-refractivity contribution >= 4 is 11.2 Å². The van der Waals surface area contributed by atoms with Gasteiger partial charge in [0.15, 0.2) is 11.2 Å². The molecular formula is C28H33N5O3. The molecule has 0 saturated heterocycles. The molecule has 0 atom stereocenters. The van der Waals surface area contributed by atoms with Gasteiger partial charge in [-0.15, -0.1) is 0 Å². The molecule has 1 aliphatic rings. The molecule has 4 aromatic rings. The molecule has 1 saturated carbocycles. The van der Waals surface area contributed by atoms with E-state index in [0.717, 1.165) is 16.8 Å². The van der Waals surface area contributed by atoms with Crippen LogP contribution in [-0.2, 0) is 13.1 Å². The Morgan fingerprint density at radius 3 is 2.44 bits per heavy atom. The van der Waals surface area contributed by atoms with Crippen molar-refractivity contribution in [1.82, 2.24) is 23.7 Å². The fourth-order valence-electron chi connectivity index (χ4n) is 4.56. The fraction of sp³-hybridized carbons (Fsp3) is 0.429. The van der Waals surface area contributed by atoms with Crippen LogP contribution in [-0.4, -0.2) is 30.3 Å². The van der Waals surface area contributed by atoms with Crippen molar-refractivity contribution in [3.8, 4) is 17.3 Å². The maximum absolute atomic E-state index is 13.8. The fourth-order valence-corrected chi connectivity index (χ4v) is 4.56. The number of imidazole rings is 1. The van der Waals surface area contributed by atoms with E-state index in [-0.39, 0.29) is 17.3 Å². The number of hydrogen-bond donors (Lipinski definition) is 0. The molecule has 0 bridgehead atoms. The molecule has 0 unspecified atom stereocenters. The second-order valence-corrected chi connectivity index (χ2v) is 9.94. The summed E-state index contributed by atoms with van der Waals surface area (Å²) in [5.74, 6) is 1.65. The average molecular weight is 488 g/mol. The summed E-state index contributed by atoms with van der Waals surface area (Å²) in [5, 5.41) is 0. The molecule has 1 aromatic carbocycles. The lowest BCUT2D eigenvalue weighted by Gasteiger charge is -2.15. The Hall–Kier alpha value is -3.68. The summed E-state index contributed by atoms with van der Waals surface area (Å²) >= 11 is 0. The van der Waals surface area contributed by atoms with Crippen molar-refractivity contribution in [2.45, 2.75) is 66.1 Å². The highest BCUT2D eigenvalue weighted by Gasteiger charge is 2.27. The van der Waals surface area contributed by atoms with E-state index >= 15 is 0 Å². The van der Waals surface area contributed by atoms with Crippen LogP contribution in [0.4, 0.5) is 0 Å². The molecule has 0 radical (unpaired) electrons. The second kappa shape index (κ2) is 9.76. The van der Waals surface area contributed by atoms with E-state index in [9.17, 15) is 9.59 Å². The Kier molecular flexibility index (Phi) is 6.51. The normalized spacial score (nSPS) is 13.6. The maximum atomic E-state index is 13.8. The number of rotatable bonds is 9. The summed E-state index contributed by atoms with van der Waals surface area (Å²) in [7, 11) is 0. The van der Waals surface area contributed by atoms with E-state index in [1.54, 1.807) is 4.57 Å². The van der Waals surface area contributed by atoms with Gasteiger partial charge in [0, 0.05) is 24.8 Å². The van der Waals surface area contributed by atoms with Crippen LogP contribution in [0.3, 0.4) is 0 Å². The lowest BCUT2D eigenvalue weighted by molar-refractivity contribution is 0.289. The SMILES string of the molecule is CCCn1c(=O)c2c(nc(-c3ccc(C)nc3OCC3CC3)n2Cc2ccccc2)n(C(C)C)c1=O. The first-order valence-electron chi connectivity index (χ1n) is 12.8. The number of benzene rings is 1. The number of aryl methyl sites for hydroxylation is 1. The lowest BCUT2D eigenvalue weighted by atomic mass is 10.2. The summed E-state index contributed by atoms with van der Waals surface area (Å²) < 4.78 is 11.1. The molecule has 3 aromatic heterocycles. The van der Waals surface area contributed by atoms with Crippen LogP contribution in [0.5, 0.6) is 5.88 Å². The Morgan fingerprint density at radius 2 is 1.78 bits per heavy atom. The molecule has 8 heteroatoms. The van der Waals surface area contributed by atoms with Gasteiger partial charge in [-0.25, -0.2) is 14.8 Å². The van der Waals surface area contributed by atoms with E-state index < -0.39 is 0 Å². The zero-order valence-electron chi connectivity index (χ0n) is 21.4. The Balaban J connectivity index is 1.81. The zero-order chi connectivity index (χ0) is 25.4. The minimum atomic E-state index is -0.326. The molecule has 188 valence electrons. The first-order valence-corrected chi connectivity index (χ1v) is 12.8. The molecule has 36 heavy (non-hydrogen) atoms. The largest absolute Gasteiger partial charge is 0.477 e. The summed E-state index contributed by atoms with van der Waals surface area (Å²) in [6.07, 6.45) is 3.02.